The SMILES string of the molecule is CCOc1cccc2[nH]cc(C(=O)Cc3ccccc3)c12. The molecular formula is C18H17NO2. The van der Waals surface area contributed by atoms with Crippen molar-refractivity contribution >= 4 is 16.7 Å². The molecule has 2 aromatic carbocycles. The predicted molar refractivity (Wildman–Crippen MR) is 83.9 cm³/mol. The molecule has 0 amide bonds. The summed E-state index contributed by atoms with van der Waals surface area (Å²) in [5.41, 5.74) is 2.64. The standard InChI is InChI=1S/C18H17NO2/c1-2-21-17-10-6-9-15-18(17)14(12-19-15)16(20)11-13-7-4-3-5-8-13/h3-10,12,19H,2,11H2,1H3. The zero-order valence-electron chi connectivity index (χ0n) is 11.9. The number of ketones is 1. The summed E-state index contributed by atoms with van der Waals surface area (Å²) in [6, 6.07) is 15.6. The summed E-state index contributed by atoms with van der Waals surface area (Å²) in [7, 11) is 0. The molecule has 0 fully saturated rings. The fourth-order valence-corrected chi connectivity index (χ4v) is 2.52. The molecular weight excluding hydrogens is 262 g/mol. The zero-order chi connectivity index (χ0) is 14.7. The third kappa shape index (κ3) is 2.68. The molecule has 0 bridgehead atoms. The first-order chi connectivity index (χ1) is 10.3. The Bertz CT molecular complexity index is 759. The minimum Gasteiger partial charge on any atom is -0.493 e. The summed E-state index contributed by atoms with van der Waals surface area (Å²) in [5, 5.41) is 0.875. The quantitative estimate of drug-likeness (QED) is 0.717. The molecule has 3 nitrogen and oxygen atoms in total. The Morgan fingerprint density at radius 1 is 1.10 bits per heavy atom. The van der Waals surface area contributed by atoms with Gasteiger partial charge in [-0.15, -0.1) is 0 Å². The van der Waals surface area contributed by atoms with Gasteiger partial charge in [-0.05, 0) is 24.6 Å². The molecule has 1 N–H and O–H groups in total. The molecule has 0 saturated heterocycles. The van der Waals surface area contributed by atoms with Crippen molar-refractivity contribution in [2.24, 2.45) is 0 Å². The van der Waals surface area contributed by atoms with Crippen molar-refractivity contribution < 1.29 is 9.53 Å². The molecule has 0 radical (unpaired) electrons. The first-order valence-electron chi connectivity index (χ1n) is 7.09. The molecule has 0 saturated carbocycles. The van der Waals surface area contributed by atoms with E-state index in [9.17, 15) is 4.79 Å². The lowest BCUT2D eigenvalue weighted by molar-refractivity contribution is 0.0994. The summed E-state index contributed by atoms with van der Waals surface area (Å²) in [4.78, 5) is 15.7. The summed E-state index contributed by atoms with van der Waals surface area (Å²) < 4.78 is 5.65. The van der Waals surface area contributed by atoms with E-state index in [1.54, 1.807) is 6.20 Å². The Hall–Kier alpha value is -2.55. The maximum absolute atomic E-state index is 12.6. The van der Waals surface area contributed by atoms with Crippen LogP contribution in [0.1, 0.15) is 22.8 Å². The van der Waals surface area contributed by atoms with Gasteiger partial charge in [0, 0.05) is 23.7 Å². The van der Waals surface area contributed by atoms with Gasteiger partial charge in [-0.2, -0.15) is 0 Å². The molecule has 0 atom stereocenters. The Morgan fingerprint density at radius 2 is 1.90 bits per heavy atom. The van der Waals surface area contributed by atoms with Crippen LogP contribution in [0.15, 0.2) is 54.7 Å². The number of carbonyl (C=O) groups is 1. The van der Waals surface area contributed by atoms with Gasteiger partial charge in [0.2, 0.25) is 0 Å². The number of aromatic amines is 1. The lowest BCUT2D eigenvalue weighted by Crippen LogP contribution is -2.03. The summed E-state index contributed by atoms with van der Waals surface area (Å²) >= 11 is 0. The van der Waals surface area contributed by atoms with Gasteiger partial charge in [0.1, 0.15) is 5.75 Å². The van der Waals surface area contributed by atoms with Crippen molar-refractivity contribution in [1.29, 1.82) is 0 Å². The van der Waals surface area contributed by atoms with Crippen LogP contribution in [-0.2, 0) is 6.42 Å². The Morgan fingerprint density at radius 3 is 2.67 bits per heavy atom. The van der Waals surface area contributed by atoms with E-state index >= 15 is 0 Å². The van der Waals surface area contributed by atoms with Gasteiger partial charge < -0.3 is 9.72 Å². The number of benzene rings is 2. The van der Waals surface area contributed by atoms with Crippen LogP contribution in [0.25, 0.3) is 10.9 Å². The molecule has 0 aliphatic rings. The second-order valence-electron chi connectivity index (χ2n) is 4.90. The average Bonchev–Trinajstić information content (AvgIpc) is 2.94. The van der Waals surface area contributed by atoms with E-state index in [1.807, 2.05) is 55.5 Å². The average molecular weight is 279 g/mol. The number of nitrogens with one attached hydrogen (secondary N) is 1. The van der Waals surface area contributed by atoms with Crippen LogP contribution >= 0.6 is 0 Å². The number of H-pyrrole nitrogens is 1. The van der Waals surface area contributed by atoms with Crippen molar-refractivity contribution in [2.75, 3.05) is 6.61 Å². The largest absolute Gasteiger partial charge is 0.493 e. The zero-order valence-corrected chi connectivity index (χ0v) is 11.9. The van der Waals surface area contributed by atoms with E-state index in [0.717, 1.165) is 22.2 Å². The highest BCUT2D eigenvalue weighted by molar-refractivity contribution is 6.10. The first-order valence-corrected chi connectivity index (χ1v) is 7.09. The van der Waals surface area contributed by atoms with Crippen molar-refractivity contribution in [1.82, 2.24) is 4.98 Å². The molecule has 3 rings (SSSR count). The van der Waals surface area contributed by atoms with E-state index in [1.165, 1.54) is 0 Å². The van der Waals surface area contributed by atoms with Crippen molar-refractivity contribution in [2.45, 2.75) is 13.3 Å². The van der Waals surface area contributed by atoms with Gasteiger partial charge in [0.25, 0.3) is 0 Å². The van der Waals surface area contributed by atoms with Crippen LogP contribution in [0.4, 0.5) is 0 Å². The smallest absolute Gasteiger partial charge is 0.169 e. The van der Waals surface area contributed by atoms with Crippen LogP contribution < -0.4 is 4.74 Å². The van der Waals surface area contributed by atoms with E-state index in [4.69, 9.17) is 4.74 Å². The second kappa shape index (κ2) is 5.83. The molecule has 0 spiro atoms. The van der Waals surface area contributed by atoms with Crippen LogP contribution in [0.3, 0.4) is 0 Å². The lowest BCUT2D eigenvalue weighted by Gasteiger charge is -2.06. The highest BCUT2D eigenvalue weighted by Crippen LogP contribution is 2.29. The third-order valence-electron chi connectivity index (χ3n) is 3.48. The number of fused-ring (bicyclic) bond motifs is 1. The lowest BCUT2D eigenvalue weighted by atomic mass is 10.0. The minimum atomic E-state index is 0.0969. The fourth-order valence-electron chi connectivity index (χ4n) is 2.52. The summed E-state index contributed by atoms with van der Waals surface area (Å²) in [5.74, 6) is 0.854. The minimum absolute atomic E-state index is 0.0969. The molecule has 0 unspecified atom stereocenters. The van der Waals surface area contributed by atoms with Crippen LogP contribution in [0.2, 0.25) is 0 Å². The van der Waals surface area contributed by atoms with E-state index < -0.39 is 0 Å². The fraction of sp³-hybridized carbons (Fsp3) is 0.167. The van der Waals surface area contributed by atoms with Gasteiger partial charge >= 0.3 is 0 Å². The Labute approximate surface area is 123 Å². The number of Topliss-reactive ketones (excluding diaryl/α,β-unsaturated/α-hetero) is 1. The topological polar surface area (TPSA) is 42.1 Å². The maximum atomic E-state index is 12.6. The molecule has 1 aromatic heterocycles. The van der Waals surface area contributed by atoms with E-state index in [-0.39, 0.29) is 5.78 Å². The maximum Gasteiger partial charge on any atom is 0.169 e. The number of rotatable bonds is 5. The number of carbonyl (C=O) groups excluding carboxylic acids is 1. The van der Waals surface area contributed by atoms with Gasteiger partial charge in [0.05, 0.1) is 12.0 Å². The van der Waals surface area contributed by atoms with E-state index in [0.29, 0.717) is 18.6 Å². The van der Waals surface area contributed by atoms with Crippen LogP contribution in [-0.4, -0.2) is 17.4 Å². The molecule has 3 heteroatoms. The third-order valence-corrected chi connectivity index (χ3v) is 3.48. The van der Waals surface area contributed by atoms with Gasteiger partial charge in [0.15, 0.2) is 5.78 Å². The first kappa shape index (κ1) is 13.4. The predicted octanol–water partition coefficient (Wildman–Crippen LogP) is 3.99. The van der Waals surface area contributed by atoms with Crippen LogP contribution in [0, 0.1) is 0 Å². The van der Waals surface area contributed by atoms with Gasteiger partial charge in [-0.1, -0.05) is 36.4 Å². The molecule has 0 aliphatic heterocycles. The summed E-state index contributed by atoms with van der Waals surface area (Å²) in [6.45, 7) is 2.52. The van der Waals surface area contributed by atoms with Crippen molar-refractivity contribution in [3.8, 4) is 5.75 Å². The number of hydrogen-bond donors (Lipinski definition) is 1. The van der Waals surface area contributed by atoms with Gasteiger partial charge in [-0.25, -0.2) is 0 Å². The number of aromatic nitrogens is 1. The molecule has 3 aromatic rings. The Kier molecular flexibility index (Phi) is 3.73. The van der Waals surface area contributed by atoms with Crippen molar-refractivity contribution in [3.05, 3.63) is 65.9 Å². The highest BCUT2D eigenvalue weighted by Gasteiger charge is 2.16. The van der Waals surface area contributed by atoms with Crippen LogP contribution in [0.5, 0.6) is 5.75 Å². The monoisotopic (exact) mass is 279 g/mol. The second-order valence-corrected chi connectivity index (χ2v) is 4.90. The number of hydrogen-bond acceptors (Lipinski definition) is 2. The summed E-state index contributed by atoms with van der Waals surface area (Å²) in [6.07, 6.45) is 2.17. The molecule has 21 heavy (non-hydrogen) atoms. The van der Waals surface area contributed by atoms with Crippen molar-refractivity contribution in [3.63, 3.8) is 0 Å². The Balaban J connectivity index is 1.98. The normalized spacial score (nSPS) is 10.7. The van der Waals surface area contributed by atoms with E-state index in [2.05, 4.69) is 4.98 Å². The molecule has 106 valence electrons. The number of ether oxygens (including phenoxy) is 1. The molecule has 0 aliphatic carbocycles. The molecule has 1 heterocycles. The van der Waals surface area contributed by atoms with Gasteiger partial charge in [-0.3, -0.25) is 4.79 Å². The highest BCUT2D eigenvalue weighted by atomic mass is 16.5.